The van der Waals surface area contributed by atoms with Gasteiger partial charge in [0.25, 0.3) is 0 Å². The Hall–Kier alpha value is 0.01000. The lowest BCUT2D eigenvalue weighted by molar-refractivity contribution is 0.438. The Kier molecular flexibility index (Phi) is 6.75. The van der Waals surface area contributed by atoms with Crippen molar-refractivity contribution in [2.24, 2.45) is 5.92 Å². The maximum Gasteiger partial charge on any atom is 0.0207 e. The molecule has 0 amide bonds. The smallest absolute Gasteiger partial charge is 0.0207 e. The third kappa shape index (κ3) is 5.88. The first-order valence-corrected chi connectivity index (χ1v) is 9.44. The molecule has 106 valence electrons. The van der Waals surface area contributed by atoms with E-state index in [0.717, 1.165) is 12.0 Å². The molecule has 1 N–H and O–H groups in total. The zero-order valence-corrected chi connectivity index (χ0v) is 14.1. The molecule has 2 rings (SSSR count). The first kappa shape index (κ1) is 15.4. The SMILES string of the molecule is CSCCCC(CNC1CC1)Cc1ccccc1Br. The van der Waals surface area contributed by atoms with Gasteiger partial charge < -0.3 is 5.32 Å². The van der Waals surface area contributed by atoms with Gasteiger partial charge in [0, 0.05) is 10.5 Å². The van der Waals surface area contributed by atoms with Crippen LogP contribution in [0.5, 0.6) is 0 Å². The fourth-order valence-corrected chi connectivity index (χ4v) is 3.29. The molecule has 0 spiro atoms. The molecular weight excluding hydrogens is 318 g/mol. The number of nitrogens with one attached hydrogen (secondary N) is 1. The molecule has 3 heteroatoms. The number of rotatable bonds is 9. The Morgan fingerprint density at radius 1 is 1.37 bits per heavy atom. The summed E-state index contributed by atoms with van der Waals surface area (Å²) in [4.78, 5) is 0. The minimum Gasteiger partial charge on any atom is -0.314 e. The molecule has 0 bridgehead atoms. The summed E-state index contributed by atoms with van der Waals surface area (Å²) in [7, 11) is 0. The third-order valence-corrected chi connectivity index (χ3v) is 5.17. The van der Waals surface area contributed by atoms with E-state index < -0.39 is 0 Å². The molecular formula is C16H24BrNS. The van der Waals surface area contributed by atoms with Crippen molar-refractivity contribution in [1.29, 1.82) is 0 Å². The molecule has 1 atom stereocenters. The molecule has 0 heterocycles. The Labute approximate surface area is 130 Å². The van der Waals surface area contributed by atoms with Crippen LogP contribution in [0.15, 0.2) is 28.7 Å². The van der Waals surface area contributed by atoms with Gasteiger partial charge in [-0.05, 0) is 68.2 Å². The van der Waals surface area contributed by atoms with Crippen molar-refractivity contribution in [3.8, 4) is 0 Å². The molecule has 1 saturated carbocycles. The van der Waals surface area contributed by atoms with Crippen LogP contribution < -0.4 is 5.32 Å². The first-order chi connectivity index (χ1) is 9.29. The normalized spacial score (nSPS) is 16.5. The van der Waals surface area contributed by atoms with Crippen molar-refractivity contribution >= 4 is 27.7 Å². The summed E-state index contributed by atoms with van der Waals surface area (Å²) in [5.41, 5.74) is 1.45. The van der Waals surface area contributed by atoms with E-state index in [4.69, 9.17) is 0 Å². The van der Waals surface area contributed by atoms with Crippen LogP contribution >= 0.6 is 27.7 Å². The van der Waals surface area contributed by atoms with Gasteiger partial charge in [0.2, 0.25) is 0 Å². The molecule has 1 nitrogen and oxygen atoms in total. The molecule has 0 saturated heterocycles. The van der Waals surface area contributed by atoms with Crippen LogP contribution in [-0.2, 0) is 6.42 Å². The van der Waals surface area contributed by atoms with E-state index in [9.17, 15) is 0 Å². The van der Waals surface area contributed by atoms with Crippen LogP contribution in [0.3, 0.4) is 0 Å². The summed E-state index contributed by atoms with van der Waals surface area (Å²) >= 11 is 5.63. The van der Waals surface area contributed by atoms with Gasteiger partial charge in [-0.15, -0.1) is 0 Å². The highest BCUT2D eigenvalue weighted by Crippen LogP contribution is 2.24. The first-order valence-electron chi connectivity index (χ1n) is 7.25. The van der Waals surface area contributed by atoms with E-state index in [2.05, 4.69) is 51.8 Å². The minimum atomic E-state index is 0.770. The number of hydrogen-bond donors (Lipinski definition) is 1. The van der Waals surface area contributed by atoms with Crippen LogP contribution in [0.1, 0.15) is 31.2 Å². The highest BCUT2D eigenvalue weighted by molar-refractivity contribution is 9.10. The molecule has 19 heavy (non-hydrogen) atoms. The monoisotopic (exact) mass is 341 g/mol. The highest BCUT2D eigenvalue weighted by atomic mass is 79.9. The Morgan fingerprint density at radius 3 is 2.84 bits per heavy atom. The molecule has 1 aromatic carbocycles. The average Bonchev–Trinajstić information content (AvgIpc) is 3.22. The van der Waals surface area contributed by atoms with Gasteiger partial charge in [-0.25, -0.2) is 0 Å². The highest BCUT2D eigenvalue weighted by Gasteiger charge is 2.22. The van der Waals surface area contributed by atoms with Crippen LogP contribution in [-0.4, -0.2) is 24.6 Å². The van der Waals surface area contributed by atoms with E-state index in [1.54, 1.807) is 0 Å². The molecule has 1 aromatic rings. The van der Waals surface area contributed by atoms with Crippen molar-refractivity contribution < 1.29 is 0 Å². The molecule has 1 aliphatic rings. The second-order valence-corrected chi connectivity index (χ2v) is 7.32. The minimum absolute atomic E-state index is 0.770. The Bertz CT molecular complexity index is 379. The predicted octanol–water partition coefficient (Wildman–Crippen LogP) is 4.50. The molecule has 1 aliphatic carbocycles. The third-order valence-electron chi connectivity index (χ3n) is 3.70. The second-order valence-electron chi connectivity index (χ2n) is 5.48. The quantitative estimate of drug-likeness (QED) is 0.663. The predicted molar refractivity (Wildman–Crippen MR) is 90.0 cm³/mol. The van der Waals surface area contributed by atoms with Crippen LogP contribution in [0.2, 0.25) is 0 Å². The van der Waals surface area contributed by atoms with Crippen LogP contribution in [0.4, 0.5) is 0 Å². The van der Waals surface area contributed by atoms with E-state index in [-0.39, 0.29) is 0 Å². The van der Waals surface area contributed by atoms with Crippen LogP contribution in [0.25, 0.3) is 0 Å². The Morgan fingerprint density at radius 2 is 2.16 bits per heavy atom. The maximum atomic E-state index is 3.70. The summed E-state index contributed by atoms with van der Waals surface area (Å²) in [5.74, 6) is 2.06. The molecule has 0 aliphatic heterocycles. The summed E-state index contributed by atoms with van der Waals surface area (Å²) in [6.45, 7) is 1.18. The molecule has 0 radical (unpaired) electrons. The Balaban J connectivity index is 1.85. The van der Waals surface area contributed by atoms with Crippen molar-refractivity contribution in [3.63, 3.8) is 0 Å². The molecule has 1 unspecified atom stereocenters. The fourth-order valence-electron chi connectivity index (χ4n) is 2.39. The lowest BCUT2D eigenvalue weighted by Crippen LogP contribution is -2.26. The number of benzene rings is 1. The van der Waals surface area contributed by atoms with Gasteiger partial charge >= 0.3 is 0 Å². The topological polar surface area (TPSA) is 12.0 Å². The number of thioether (sulfide) groups is 1. The van der Waals surface area contributed by atoms with Crippen molar-refractivity contribution in [2.75, 3.05) is 18.6 Å². The van der Waals surface area contributed by atoms with Gasteiger partial charge in [-0.1, -0.05) is 34.1 Å². The zero-order valence-electron chi connectivity index (χ0n) is 11.7. The van der Waals surface area contributed by atoms with Crippen molar-refractivity contribution in [1.82, 2.24) is 5.32 Å². The van der Waals surface area contributed by atoms with E-state index >= 15 is 0 Å². The largest absolute Gasteiger partial charge is 0.314 e. The summed E-state index contributed by atoms with van der Waals surface area (Å²) in [6.07, 6.45) is 8.82. The van der Waals surface area contributed by atoms with Gasteiger partial charge in [-0.2, -0.15) is 11.8 Å². The van der Waals surface area contributed by atoms with E-state index in [1.807, 2.05) is 11.8 Å². The van der Waals surface area contributed by atoms with Crippen molar-refractivity contribution in [3.05, 3.63) is 34.3 Å². The maximum absolute atomic E-state index is 3.70. The summed E-state index contributed by atoms with van der Waals surface area (Å²) in [5, 5.41) is 3.70. The van der Waals surface area contributed by atoms with E-state index in [0.29, 0.717) is 0 Å². The fraction of sp³-hybridized carbons (Fsp3) is 0.625. The van der Waals surface area contributed by atoms with Gasteiger partial charge in [-0.3, -0.25) is 0 Å². The van der Waals surface area contributed by atoms with Gasteiger partial charge in [0.05, 0.1) is 0 Å². The average molecular weight is 342 g/mol. The number of halogens is 1. The van der Waals surface area contributed by atoms with Gasteiger partial charge in [0.15, 0.2) is 0 Å². The van der Waals surface area contributed by atoms with E-state index in [1.165, 1.54) is 54.4 Å². The number of hydrogen-bond acceptors (Lipinski definition) is 2. The van der Waals surface area contributed by atoms with Crippen molar-refractivity contribution in [2.45, 2.75) is 38.1 Å². The molecule has 1 fully saturated rings. The molecule has 0 aromatic heterocycles. The van der Waals surface area contributed by atoms with Gasteiger partial charge in [0.1, 0.15) is 0 Å². The van der Waals surface area contributed by atoms with Crippen LogP contribution in [0, 0.1) is 5.92 Å². The second kappa shape index (κ2) is 8.33. The lowest BCUT2D eigenvalue weighted by Gasteiger charge is -2.18. The summed E-state index contributed by atoms with van der Waals surface area (Å²) < 4.78 is 1.26. The zero-order chi connectivity index (χ0) is 13.5. The lowest BCUT2D eigenvalue weighted by atomic mass is 9.95. The standard InChI is InChI=1S/C16H24BrNS/c1-19-10-4-5-13(12-18-15-8-9-15)11-14-6-2-3-7-16(14)17/h2-3,6-7,13,15,18H,4-5,8-12H2,1H3. The summed E-state index contributed by atoms with van der Waals surface area (Å²) in [6, 6.07) is 9.47.